The Hall–Kier alpha value is -3.20. The number of nitro benzene ring substituents is 1. The molecule has 0 bridgehead atoms. The Morgan fingerprint density at radius 1 is 1.11 bits per heavy atom. The number of carbonyl (C=O) groups excluding carboxylic acids is 2. The first kappa shape index (κ1) is 19.6. The van der Waals surface area contributed by atoms with Gasteiger partial charge in [0, 0.05) is 50.2 Å². The number of rotatable bonds is 4. The molecule has 1 aliphatic heterocycles. The van der Waals surface area contributed by atoms with Crippen LogP contribution in [0.5, 0.6) is 0 Å². The van der Waals surface area contributed by atoms with Crippen LogP contribution in [0.25, 0.3) is 5.57 Å². The van der Waals surface area contributed by atoms with Crippen molar-refractivity contribution in [2.24, 2.45) is 0 Å². The number of aromatic nitrogens is 1. The lowest BCUT2D eigenvalue weighted by Gasteiger charge is -2.35. The summed E-state index contributed by atoms with van der Waals surface area (Å²) in [6.07, 6.45) is 3.11. The largest absolute Gasteiger partial charge is 0.335 e. The topological polar surface area (TPSA) is 96.7 Å². The van der Waals surface area contributed by atoms with Crippen LogP contribution in [0.3, 0.4) is 0 Å². The van der Waals surface area contributed by atoms with Gasteiger partial charge in [0.2, 0.25) is 0 Å². The highest BCUT2D eigenvalue weighted by atomic mass is 32.1. The minimum atomic E-state index is -0.549. The highest BCUT2D eigenvalue weighted by Crippen LogP contribution is 2.27. The van der Waals surface area contributed by atoms with Crippen molar-refractivity contribution in [1.82, 2.24) is 14.8 Å². The van der Waals surface area contributed by atoms with E-state index in [0.29, 0.717) is 37.3 Å². The number of nitro groups is 1. The molecule has 1 saturated heterocycles. The summed E-state index contributed by atoms with van der Waals surface area (Å²) in [4.78, 5) is 43.2. The van der Waals surface area contributed by atoms with Crippen LogP contribution < -0.4 is 0 Å². The summed E-state index contributed by atoms with van der Waals surface area (Å²) in [5, 5.41) is 11.1. The smallest absolute Gasteiger partial charge is 0.283 e. The van der Waals surface area contributed by atoms with Gasteiger partial charge in [-0.25, -0.2) is 0 Å². The van der Waals surface area contributed by atoms with E-state index < -0.39 is 4.92 Å². The van der Waals surface area contributed by atoms with Crippen molar-refractivity contribution in [2.45, 2.75) is 4.90 Å². The summed E-state index contributed by atoms with van der Waals surface area (Å²) in [5.41, 5.74) is 0.874. The Balaban J connectivity index is 1.65. The zero-order valence-electron chi connectivity index (χ0n) is 14.9. The summed E-state index contributed by atoms with van der Waals surface area (Å²) in [5.74, 6) is -0.436. The lowest BCUT2D eigenvalue weighted by Crippen LogP contribution is -2.50. The van der Waals surface area contributed by atoms with E-state index in [1.165, 1.54) is 18.3 Å². The predicted octanol–water partition coefficient (Wildman–Crippen LogP) is 2.28. The molecule has 1 aromatic heterocycles. The number of hydrogen-bond acceptors (Lipinski definition) is 6. The number of piperazine rings is 1. The fourth-order valence-corrected chi connectivity index (χ4v) is 3.18. The van der Waals surface area contributed by atoms with Gasteiger partial charge in [0.25, 0.3) is 17.5 Å². The summed E-state index contributed by atoms with van der Waals surface area (Å²) in [6, 6.07) is 7.75. The van der Waals surface area contributed by atoms with Crippen molar-refractivity contribution in [3.63, 3.8) is 0 Å². The second-order valence-electron chi connectivity index (χ2n) is 6.27. The number of benzene rings is 1. The molecule has 0 saturated carbocycles. The maximum Gasteiger partial charge on any atom is 0.283 e. The van der Waals surface area contributed by atoms with Crippen molar-refractivity contribution in [3.05, 3.63) is 70.5 Å². The Morgan fingerprint density at radius 2 is 1.79 bits per heavy atom. The molecule has 2 heterocycles. The molecule has 1 aromatic carbocycles. The number of pyridine rings is 1. The molecule has 0 radical (unpaired) electrons. The third-order valence-electron chi connectivity index (χ3n) is 4.54. The number of amides is 2. The fraction of sp³-hybridized carbons (Fsp3) is 0.211. The first-order valence-electron chi connectivity index (χ1n) is 8.53. The maximum absolute atomic E-state index is 12.7. The van der Waals surface area contributed by atoms with Gasteiger partial charge in [-0.1, -0.05) is 12.6 Å². The molecule has 28 heavy (non-hydrogen) atoms. The van der Waals surface area contributed by atoms with Crippen LogP contribution in [0.2, 0.25) is 0 Å². The van der Waals surface area contributed by atoms with Gasteiger partial charge >= 0.3 is 0 Å². The maximum atomic E-state index is 12.7. The molecular formula is C19H18N4O4S. The zero-order valence-corrected chi connectivity index (χ0v) is 15.8. The number of carbonyl (C=O) groups is 2. The van der Waals surface area contributed by atoms with Crippen LogP contribution in [-0.4, -0.2) is 57.7 Å². The van der Waals surface area contributed by atoms with Crippen LogP contribution in [0, 0.1) is 10.1 Å². The standard InChI is InChI=1S/C19H18N4O4S/c1-13(14-4-5-17(28)16(11-14)23(26)27)18(24)21-7-9-22(10-8-21)19(25)15-3-2-6-20-12-15/h2-6,11-12,28H,1,7-10H2. The average molecular weight is 398 g/mol. The molecule has 2 amide bonds. The molecule has 2 aromatic rings. The molecule has 0 spiro atoms. The van der Waals surface area contributed by atoms with E-state index in [1.54, 1.807) is 34.2 Å². The Bertz CT molecular complexity index is 940. The third-order valence-corrected chi connectivity index (χ3v) is 4.92. The highest BCUT2D eigenvalue weighted by Gasteiger charge is 2.27. The van der Waals surface area contributed by atoms with Crippen LogP contribution in [-0.2, 0) is 4.79 Å². The van der Waals surface area contributed by atoms with Crippen molar-refractivity contribution >= 4 is 35.7 Å². The SMILES string of the molecule is C=C(C(=O)N1CCN(C(=O)c2cccnc2)CC1)c1ccc(S)c([N+](=O)[O-])c1. The number of hydrogen-bond donors (Lipinski definition) is 1. The molecule has 0 unspecified atom stereocenters. The molecule has 8 nitrogen and oxygen atoms in total. The Labute approximate surface area is 167 Å². The average Bonchev–Trinajstić information content (AvgIpc) is 2.73. The van der Waals surface area contributed by atoms with E-state index in [9.17, 15) is 19.7 Å². The third kappa shape index (κ3) is 4.04. The first-order chi connectivity index (χ1) is 13.4. The molecule has 0 atom stereocenters. The van der Waals surface area contributed by atoms with Gasteiger partial charge in [0.05, 0.1) is 15.4 Å². The zero-order chi connectivity index (χ0) is 20.3. The minimum Gasteiger partial charge on any atom is -0.335 e. The molecule has 0 aliphatic carbocycles. The van der Waals surface area contributed by atoms with Gasteiger partial charge in [0.15, 0.2) is 0 Å². The highest BCUT2D eigenvalue weighted by molar-refractivity contribution is 7.80. The lowest BCUT2D eigenvalue weighted by molar-refractivity contribution is -0.387. The van der Waals surface area contributed by atoms with E-state index in [1.807, 2.05) is 0 Å². The van der Waals surface area contributed by atoms with Gasteiger partial charge in [-0.15, -0.1) is 12.6 Å². The molecule has 1 aliphatic rings. The van der Waals surface area contributed by atoms with Crippen molar-refractivity contribution in [1.29, 1.82) is 0 Å². The lowest BCUT2D eigenvalue weighted by atomic mass is 10.0. The second-order valence-corrected chi connectivity index (χ2v) is 6.75. The summed E-state index contributed by atoms with van der Waals surface area (Å²) >= 11 is 4.06. The molecule has 0 N–H and O–H groups in total. The predicted molar refractivity (Wildman–Crippen MR) is 106 cm³/mol. The van der Waals surface area contributed by atoms with Crippen LogP contribution in [0.4, 0.5) is 5.69 Å². The molecular weight excluding hydrogens is 380 g/mol. The van der Waals surface area contributed by atoms with E-state index in [-0.39, 0.29) is 28.0 Å². The fourth-order valence-electron chi connectivity index (χ4n) is 2.96. The number of thiol groups is 1. The Morgan fingerprint density at radius 3 is 2.39 bits per heavy atom. The molecule has 1 fully saturated rings. The summed E-state index contributed by atoms with van der Waals surface area (Å²) in [6.45, 7) is 5.30. The first-order valence-corrected chi connectivity index (χ1v) is 8.98. The van der Waals surface area contributed by atoms with Gasteiger partial charge in [-0.05, 0) is 23.8 Å². The molecule has 144 valence electrons. The van der Waals surface area contributed by atoms with E-state index in [2.05, 4.69) is 24.2 Å². The van der Waals surface area contributed by atoms with Gasteiger partial charge in [-0.3, -0.25) is 24.7 Å². The summed E-state index contributed by atoms with van der Waals surface area (Å²) < 4.78 is 0. The molecule has 3 rings (SSSR count). The normalized spacial score (nSPS) is 13.9. The van der Waals surface area contributed by atoms with E-state index in [4.69, 9.17) is 0 Å². The van der Waals surface area contributed by atoms with E-state index >= 15 is 0 Å². The monoisotopic (exact) mass is 398 g/mol. The van der Waals surface area contributed by atoms with Gasteiger partial charge in [-0.2, -0.15) is 0 Å². The second kappa shape index (κ2) is 8.22. The minimum absolute atomic E-state index is 0.126. The van der Waals surface area contributed by atoms with Crippen molar-refractivity contribution < 1.29 is 14.5 Å². The summed E-state index contributed by atoms with van der Waals surface area (Å²) in [7, 11) is 0. The quantitative estimate of drug-likeness (QED) is 0.369. The van der Waals surface area contributed by atoms with Crippen LogP contribution in [0.1, 0.15) is 15.9 Å². The van der Waals surface area contributed by atoms with Crippen molar-refractivity contribution in [2.75, 3.05) is 26.2 Å². The number of nitrogens with zero attached hydrogens (tertiary/aromatic N) is 4. The van der Waals surface area contributed by atoms with Crippen LogP contribution in [0.15, 0.2) is 54.2 Å². The van der Waals surface area contributed by atoms with E-state index in [0.717, 1.165) is 0 Å². The van der Waals surface area contributed by atoms with Gasteiger partial charge in [0.1, 0.15) is 0 Å². The van der Waals surface area contributed by atoms with Crippen molar-refractivity contribution in [3.8, 4) is 0 Å². The Kier molecular flexibility index (Phi) is 5.74. The van der Waals surface area contributed by atoms with Gasteiger partial charge < -0.3 is 9.80 Å². The molecule has 9 heteroatoms. The van der Waals surface area contributed by atoms with Crippen LogP contribution >= 0.6 is 12.6 Å².